The largest absolute Gasteiger partial charge is 0.393 e. The minimum Gasteiger partial charge on any atom is -0.393 e. The molecule has 7 heteroatoms. The Morgan fingerprint density at radius 2 is 1.73 bits per heavy atom. The first kappa shape index (κ1) is 25.4. The maximum atomic E-state index is 12.2. The summed E-state index contributed by atoms with van der Waals surface area (Å²) in [7, 11) is -4.04. The van der Waals surface area contributed by atoms with Crippen LogP contribution in [0.2, 0.25) is 0 Å². The maximum absolute atomic E-state index is 12.2. The maximum Gasteiger partial charge on any atom is 0.266 e. The fraction of sp³-hybridized carbons (Fsp3) is 0.962. The molecule has 4 aliphatic rings. The van der Waals surface area contributed by atoms with Crippen molar-refractivity contribution < 1.29 is 22.9 Å². The van der Waals surface area contributed by atoms with Crippen LogP contribution in [0.1, 0.15) is 91.4 Å². The molecule has 0 radical (unpaired) electrons. The summed E-state index contributed by atoms with van der Waals surface area (Å²) in [5.74, 6) is 3.68. The van der Waals surface area contributed by atoms with E-state index in [1.807, 2.05) is 0 Å². The molecule has 0 aromatic carbocycles. The summed E-state index contributed by atoms with van der Waals surface area (Å²) < 4.78 is 30.5. The molecule has 0 aromatic rings. The molecule has 190 valence electrons. The van der Waals surface area contributed by atoms with Gasteiger partial charge in [0.25, 0.3) is 10.1 Å². The van der Waals surface area contributed by atoms with Gasteiger partial charge < -0.3 is 10.4 Å². The number of hydrogen-bond acceptors (Lipinski definition) is 4. The van der Waals surface area contributed by atoms with Crippen molar-refractivity contribution in [1.82, 2.24) is 5.32 Å². The number of aliphatic hydroxyl groups excluding tert-OH is 1. The lowest BCUT2D eigenvalue weighted by molar-refractivity contribution is -0.129. The molecule has 0 spiro atoms. The number of amides is 1. The summed E-state index contributed by atoms with van der Waals surface area (Å²) in [4.78, 5) is 12.2. The Labute approximate surface area is 200 Å². The van der Waals surface area contributed by atoms with E-state index in [9.17, 15) is 18.3 Å². The van der Waals surface area contributed by atoms with Gasteiger partial charge in [-0.3, -0.25) is 9.35 Å². The molecule has 6 nitrogen and oxygen atoms in total. The molecule has 33 heavy (non-hydrogen) atoms. The molecule has 1 unspecified atom stereocenters. The Balaban J connectivity index is 1.35. The number of rotatable bonds is 7. The molecule has 9 atom stereocenters. The molecule has 0 aromatic heterocycles. The summed E-state index contributed by atoms with van der Waals surface area (Å²) in [5.41, 5.74) is 0.771. The number of carbonyl (C=O) groups is 1. The molecule has 4 fully saturated rings. The van der Waals surface area contributed by atoms with Gasteiger partial charge in [-0.15, -0.1) is 0 Å². The van der Waals surface area contributed by atoms with Crippen LogP contribution in [-0.2, 0) is 14.9 Å². The van der Waals surface area contributed by atoms with Crippen LogP contribution in [0, 0.1) is 46.3 Å². The second-order valence-corrected chi connectivity index (χ2v) is 14.0. The van der Waals surface area contributed by atoms with Crippen molar-refractivity contribution in [1.29, 1.82) is 0 Å². The molecule has 4 rings (SSSR count). The average Bonchev–Trinajstić information content (AvgIpc) is 3.09. The van der Waals surface area contributed by atoms with Gasteiger partial charge in [-0.05, 0) is 111 Å². The Morgan fingerprint density at radius 3 is 2.45 bits per heavy atom. The van der Waals surface area contributed by atoms with Gasteiger partial charge in [0, 0.05) is 13.0 Å². The first-order chi connectivity index (χ1) is 15.4. The first-order valence-electron chi connectivity index (χ1n) is 13.3. The molecule has 3 N–H and O–H groups in total. The second-order valence-electron chi connectivity index (χ2n) is 12.5. The average molecular weight is 484 g/mol. The first-order valence-corrected chi connectivity index (χ1v) is 14.9. The van der Waals surface area contributed by atoms with E-state index in [0.29, 0.717) is 35.0 Å². The predicted octanol–water partition coefficient (Wildman–Crippen LogP) is 4.43. The highest BCUT2D eigenvalue weighted by Gasteiger charge is 2.60. The topological polar surface area (TPSA) is 104 Å². The zero-order chi connectivity index (χ0) is 24.0. The Morgan fingerprint density at radius 1 is 1.03 bits per heavy atom. The molecule has 0 aliphatic heterocycles. The predicted molar refractivity (Wildman–Crippen MR) is 129 cm³/mol. The molecule has 4 saturated carbocycles. The highest BCUT2D eigenvalue weighted by Crippen LogP contribution is 2.68. The van der Waals surface area contributed by atoms with Crippen LogP contribution in [0.4, 0.5) is 0 Å². The number of hydrogen-bond donors (Lipinski definition) is 3. The highest BCUT2D eigenvalue weighted by atomic mass is 32.2. The van der Waals surface area contributed by atoms with Gasteiger partial charge in [-0.25, -0.2) is 0 Å². The zero-order valence-corrected chi connectivity index (χ0v) is 21.6. The molecule has 0 bridgehead atoms. The van der Waals surface area contributed by atoms with E-state index < -0.39 is 15.9 Å². The number of fused-ring (bicyclic) bond motifs is 5. The van der Waals surface area contributed by atoms with Gasteiger partial charge in [0.15, 0.2) is 0 Å². The summed E-state index contributed by atoms with van der Waals surface area (Å²) >= 11 is 0. The molecule has 1 amide bonds. The van der Waals surface area contributed by atoms with E-state index >= 15 is 0 Å². The van der Waals surface area contributed by atoms with Crippen molar-refractivity contribution in [3.8, 4) is 0 Å². The van der Waals surface area contributed by atoms with Gasteiger partial charge in [-0.2, -0.15) is 8.42 Å². The normalized spacial score (nSPS) is 43.8. The third kappa shape index (κ3) is 5.02. The van der Waals surface area contributed by atoms with Crippen LogP contribution in [0.5, 0.6) is 0 Å². The summed E-state index contributed by atoms with van der Waals surface area (Å²) in [6.07, 6.45) is 12.1. The van der Waals surface area contributed by atoms with E-state index in [4.69, 9.17) is 4.55 Å². The van der Waals surface area contributed by atoms with E-state index in [-0.39, 0.29) is 18.6 Å². The zero-order valence-electron chi connectivity index (χ0n) is 20.8. The molecule has 4 aliphatic carbocycles. The lowest BCUT2D eigenvalue weighted by Gasteiger charge is -2.61. The summed E-state index contributed by atoms with van der Waals surface area (Å²) in [6.45, 7) is 7.34. The van der Waals surface area contributed by atoms with Crippen molar-refractivity contribution in [2.75, 3.05) is 12.3 Å². The standard InChI is InChI=1S/C26H45NO5S/c1-17(4-9-24(29)27-14-15-33(30,31)32)21-7-8-22-20-6-5-18-16-19(28)10-12-25(18,2)23(20)11-13-26(21,22)3/h17-23,28H,4-16H2,1-3H3,(H,27,29)(H,30,31,32)/t17-,18?,19-,20+,21-,22+,23+,25+,26-/m1/s1. The van der Waals surface area contributed by atoms with Gasteiger partial charge in [0.1, 0.15) is 0 Å². The van der Waals surface area contributed by atoms with Gasteiger partial charge in [-0.1, -0.05) is 20.8 Å². The molecular weight excluding hydrogens is 438 g/mol. The highest BCUT2D eigenvalue weighted by molar-refractivity contribution is 7.85. The number of carbonyl (C=O) groups excluding carboxylic acids is 1. The smallest absolute Gasteiger partial charge is 0.266 e. The van der Waals surface area contributed by atoms with Crippen molar-refractivity contribution in [3.05, 3.63) is 0 Å². The van der Waals surface area contributed by atoms with Crippen molar-refractivity contribution in [2.24, 2.45) is 46.3 Å². The van der Waals surface area contributed by atoms with E-state index in [1.165, 1.54) is 44.9 Å². The quantitative estimate of drug-likeness (QED) is 0.465. The van der Waals surface area contributed by atoms with Crippen LogP contribution in [0.15, 0.2) is 0 Å². The fourth-order valence-corrected chi connectivity index (χ4v) is 9.54. The van der Waals surface area contributed by atoms with Crippen molar-refractivity contribution in [2.45, 2.75) is 97.5 Å². The molecule has 0 heterocycles. The van der Waals surface area contributed by atoms with Crippen LogP contribution >= 0.6 is 0 Å². The monoisotopic (exact) mass is 483 g/mol. The van der Waals surface area contributed by atoms with E-state index in [2.05, 4.69) is 26.1 Å². The van der Waals surface area contributed by atoms with Crippen LogP contribution < -0.4 is 5.32 Å². The van der Waals surface area contributed by atoms with E-state index in [0.717, 1.165) is 37.0 Å². The third-order valence-corrected chi connectivity index (χ3v) is 11.6. The lowest BCUT2D eigenvalue weighted by Crippen LogP contribution is -2.54. The van der Waals surface area contributed by atoms with Crippen molar-refractivity contribution >= 4 is 16.0 Å². The minimum absolute atomic E-state index is 0.0326. The Kier molecular flexibility index (Phi) is 7.26. The second kappa shape index (κ2) is 9.42. The van der Waals surface area contributed by atoms with Crippen LogP contribution in [0.3, 0.4) is 0 Å². The molecular formula is C26H45NO5S. The Bertz CT molecular complexity index is 831. The van der Waals surface area contributed by atoms with Crippen molar-refractivity contribution in [3.63, 3.8) is 0 Å². The van der Waals surface area contributed by atoms with Gasteiger partial charge >= 0.3 is 0 Å². The fourth-order valence-electron chi connectivity index (χ4n) is 9.18. The summed E-state index contributed by atoms with van der Waals surface area (Å²) in [5, 5.41) is 12.9. The Hall–Kier alpha value is -0.660. The third-order valence-electron chi connectivity index (χ3n) is 10.9. The summed E-state index contributed by atoms with van der Waals surface area (Å²) in [6, 6.07) is 0. The van der Waals surface area contributed by atoms with Gasteiger partial charge in [0.05, 0.1) is 11.9 Å². The number of aliphatic hydroxyl groups is 1. The van der Waals surface area contributed by atoms with Crippen LogP contribution in [0.25, 0.3) is 0 Å². The lowest BCUT2D eigenvalue weighted by atomic mass is 9.44. The SMILES string of the molecule is C[C@H](CCC(=O)NCCS(=O)(=O)O)[C@H]1CC[C@H]2[C@@H]3CCC4C[C@H](O)CC[C@]4(C)[C@H]3CC[C@]12C. The van der Waals surface area contributed by atoms with Crippen LogP contribution in [-0.4, -0.2) is 42.4 Å². The number of nitrogens with one attached hydrogen (secondary N) is 1. The van der Waals surface area contributed by atoms with E-state index in [1.54, 1.807) is 0 Å². The molecule has 0 saturated heterocycles. The minimum atomic E-state index is -4.04. The van der Waals surface area contributed by atoms with Gasteiger partial charge in [0.2, 0.25) is 5.91 Å².